The van der Waals surface area contributed by atoms with Gasteiger partial charge < -0.3 is 0 Å². The minimum atomic E-state index is -4.63. The lowest BCUT2D eigenvalue weighted by Crippen LogP contribution is -2.22. The lowest BCUT2D eigenvalue weighted by Gasteiger charge is -2.06. The van der Waals surface area contributed by atoms with Gasteiger partial charge in [-0.15, -0.1) is 5.10 Å². The van der Waals surface area contributed by atoms with Gasteiger partial charge in [-0.2, -0.15) is 18.3 Å². The van der Waals surface area contributed by atoms with Gasteiger partial charge in [-0.05, 0) is 34.8 Å². The average Bonchev–Trinajstić information content (AvgIpc) is 3.31. The second-order valence-corrected chi connectivity index (χ2v) is 7.68. The molecule has 0 unspecified atom stereocenters. The fourth-order valence-electron chi connectivity index (χ4n) is 3.03. The molecule has 1 saturated carbocycles. The fourth-order valence-corrected chi connectivity index (χ4v) is 3.86. The number of rotatable bonds is 6. The number of anilines is 1. The van der Waals surface area contributed by atoms with Crippen molar-refractivity contribution in [2.45, 2.75) is 38.0 Å². The smallest absolute Gasteiger partial charge is 0.292 e. The van der Waals surface area contributed by atoms with Gasteiger partial charge in [0, 0.05) is 11.5 Å². The van der Waals surface area contributed by atoms with Gasteiger partial charge in [0.1, 0.15) is 18.7 Å². The van der Waals surface area contributed by atoms with E-state index < -0.39 is 30.1 Å². The van der Waals surface area contributed by atoms with Crippen molar-refractivity contribution in [2.24, 2.45) is 0 Å². The Hall–Kier alpha value is -2.76. The minimum absolute atomic E-state index is 0.0356. The van der Waals surface area contributed by atoms with E-state index in [9.17, 15) is 22.4 Å². The number of benzene rings is 1. The zero-order valence-electron chi connectivity index (χ0n) is 15.3. The van der Waals surface area contributed by atoms with Crippen LogP contribution in [-0.2, 0) is 24.1 Å². The molecule has 0 radical (unpaired) electrons. The molecule has 2 aromatic heterocycles. The summed E-state index contributed by atoms with van der Waals surface area (Å²) in [7, 11) is 0. The molecule has 4 rings (SSSR count). The maximum atomic E-state index is 13.7. The number of nitrogens with one attached hydrogen (secondary N) is 1. The summed E-state index contributed by atoms with van der Waals surface area (Å²) in [4.78, 5) is 16.3. The van der Waals surface area contributed by atoms with Crippen molar-refractivity contribution >= 4 is 27.8 Å². The first-order chi connectivity index (χ1) is 14.2. The second kappa shape index (κ2) is 7.82. The van der Waals surface area contributed by atoms with Crippen LogP contribution in [0.2, 0.25) is 0 Å². The molecule has 2 heterocycles. The van der Waals surface area contributed by atoms with Gasteiger partial charge in [-0.1, -0.05) is 18.2 Å². The topological polar surface area (TPSA) is 77.6 Å². The number of carbonyl (C=O) groups is 1. The number of alkyl halides is 3. The van der Waals surface area contributed by atoms with Gasteiger partial charge in [-0.25, -0.2) is 14.1 Å². The number of halogens is 5. The van der Waals surface area contributed by atoms with E-state index in [1.165, 1.54) is 17.1 Å². The van der Waals surface area contributed by atoms with Gasteiger partial charge in [0.15, 0.2) is 5.69 Å². The van der Waals surface area contributed by atoms with Crippen molar-refractivity contribution in [3.8, 4) is 0 Å². The lowest BCUT2D eigenvalue weighted by atomic mass is 10.2. The Kier molecular flexibility index (Phi) is 5.35. The molecule has 12 heteroatoms. The second-order valence-electron chi connectivity index (χ2n) is 6.88. The van der Waals surface area contributed by atoms with Crippen LogP contribution in [0.4, 0.5) is 23.5 Å². The highest BCUT2D eigenvalue weighted by Gasteiger charge is 2.42. The monoisotopic (exact) mass is 486 g/mol. The highest BCUT2D eigenvalue weighted by Crippen LogP contribution is 2.46. The van der Waals surface area contributed by atoms with Crippen LogP contribution in [0.25, 0.3) is 0 Å². The predicted molar refractivity (Wildman–Crippen MR) is 101 cm³/mol. The molecular weight excluding hydrogens is 472 g/mol. The van der Waals surface area contributed by atoms with Gasteiger partial charge in [0.25, 0.3) is 0 Å². The first kappa shape index (κ1) is 20.5. The summed E-state index contributed by atoms with van der Waals surface area (Å²) in [5.74, 6) is -1.11. The summed E-state index contributed by atoms with van der Waals surface area (Å²) in [5, 5.41) is 10.1. The molecule has 0 spiro atoms. The van der Waals surface area contributed by atoms with Crippen molar-refractivity contribution in [3.05, 3.63) is 57.8 Å². The third-order valence-corrected chi connectivity index (χ3v) is 5.32. The SMILES string of the molecule is O=C(Cn1nc(C(F)(F)F)c(Br)c1C1CC1)Nc1ncn(Cc2ccccc2F)n1. The number of nitrogens with zero attached hydrogens (tertiary/aromatic N) is 5. The molecule has 0 atom stereocenters. The maximum Gasteiger partial charge on any atom is 0.436 e. The molecular formula is C18H15BrF4N6O. The number of aromatic nitrogens is 5. The van der Waals surface area contributed by atoms with Crippen LogP contribution in [0, 0.1) is 5.82 Å². The van der Waals surface area contributed by atoms with Gasteiger partial charge in [0.2, 0.25) is 11.9 Å². The lowest BCUT2D eigenvalue weighted by molar-refractivity contribution is -0.142. The third-order valence-electron chi connectivity index (χ3n) is 4.54. The van der Waals surface area contributed by atoms with Crippen molar-refractivity contribution in [1.82, 2.24) is 24.5 Å². The standard InChI is InChI=1S/C18H15BrF4N6O/c19-14-15(10-5-6-10)29(26-16(14)18(21,22)23)8-13(30)25-17-24-9-28(27-17)7-11-3-1-2-4-12(11)20/h1-4,9-10H,5-8H2,(H,25,27,30). The molecule has 158 valence electrons. The molecule has 1 fully saturated rings. The first-order valence-corrected chi connectivity index (χ1v) is 9.77. The molecule has 1 aliphatic carbocycles. The molecule has 1 aromatic carbocycles. The fraction of sp³-hybridized carbons (Fsp3) is 0.333. The Balaban J connectivity index is 1.46. The normalized spacial score (nSPS) is 14.2. The van der Waals surface area contributed by atoms with E-state index in [1.54, 1.807) is 18.2 Å². The highest BCUT2D eigenvalue weighted by molar-refractivity contribution is 9.10. The van der Waals surface area contributed by atoms with Gasteiger partial charge >= 0.3 is 6.18 Å². The number of hydrogen-bond donors (Lipinski definition) is 1. The van der Waals surface area contributed by atoms with E-state index in [2.05, 4.69) is 36.4 Å². The Bertz CT molecular complexity index is 1090. The molecule has 1 amide bonds. The van der Waals surface area contributed by atoms with E-state index in [-0.39, 0.29) is 22.9 Å². The minimum Gasteiger partial charge on any atom is -0.292 e. The van der Waals surface area contributed by atoms with E-state index in [0.29, 0.717) is 11.3 Å². The average molecular weight is 487 g/mol. The van der Waals surface area contributed by atoms with Crippen molar-refractivity contribution in [3.63, 3.8) is 0 Å². The van der Waals surface area contributed by atoms with Crippen molar-refractivity contribution in [2.75, 3.05) is 5.32 Å². The first-order valence-electron chi connectivity index (χ1n) is 8.98. The zero-order valence-corrected chi connectivity index (χ0v) is 16.9. The number of carbonyl (C=O) groups excluding carboxylic acids is 1. The Morgan fingerprint density at radius 2 is 1.97 bits per heavy atom. The molecule has 7 nitrogen and oxygen atoms in total. The van der Waals surface area contributed by atoms with E-state index in [1.807, 2.05) is 0 Å². The molecule has 0 saturated heterocycles. The number of amides is 1. The van der Waals surface area contributed by atoms with E-state index >= 15 is 0 Å². The molecule has 0 bridgehead atoms. The van der Waals surface area contributed by atoms with E-state index in [4.69, 9.17) is 0 Å². The maximum absolute atomic E-state index is 13.7. The van der Waals surface area contributed by atoms with Crippen LogP contribution in [0.3, 0.4) is 0 Å². The van der Waals surface area contributed by atoms with E-state index in [0.717, 1.165) is 17.5 Å². The van der Waals surface area contributed by atoms with Crippen LogP contribution < -0.4 is 5.32 Å². The molecule has 1 N–H and O–H groups in total. The van der Waals surface area contributed by atoms with Crippen LogP contribution in [0.5, 0.6) is 0 Å². The van der Waals surface area contributed by atoms with Crippen LogP contribution in [0.1, 0.15) is 35.7 Å². The predicted octanol–water partition coefficient (Wildman–Crippen LogP) is 3.96. The molecule has 0 aliphatic heterocycles. The van der Waals surface area contributed by atoms with Crippen LogP contribution in [-0.4, -0.2) is 30.5 Å². The molecule has 3 aromatic rings. The van der Waals surface area contributed by atoms with Crippen LogP contribution >= 0.6 is 15.9 Å². The van der Waals surface area contributed by atoms with Crippen LogP contribution in [0.15, 0.2) is 35.1 Å². The summed E-state index contributed by atoms with van der Waals surface area (Å²) in [6, 6.07) is 6.18. The highest BCUT2D eigenvalue weighted by atomic mass is 79.9. The summed E-state index contributed by atoms with van der Waals surface area (Å²) < 4.78 is 55.5. The Morgan fingerprint density at radius 3 is 2.63 bits per heavy atom. The Labute approximate surface area is 176 Å². The van der Waals surface area contributed by atoms with Gasteiger partial charge in [-0.3, -0.25) is 14.8 Å². The zero-order chi connectivity index (χ0) is 21.5. The van der Waals surface area contributed by atoms with Crippen molar-refractivity contribution < 1.29 is 22.4 Å². The molecule has 1 aliphatic rings. The summed E-state index contributed by atoms with van der Waals surface area (Å²) in [6.07, 6.45) is -1.82. The van der Waals surface area contributed by atoms with Gasteiger partial charge in [0.05, 0.1) is 16.7 Å². The summed E-state index contributed by atoms with van der Waals surface area (Å²) >= 11 is 2.98. The number of hydrogen-bond acceptors (Lipinski definition) is 4. The molecule has 30 heavy (non-hydrogen) atoms. The largest absolute Gasteiger partial charge is 0.436 e. The summed E-state index contributed by atoms with van der Waals surface area (Å²) in [6.45, 7) is -0.301. The Morgan fingerprint density at radius 1 is 1.23 bits per heavy atom. The quantitative estimate of drug-likeness (QED) is 0.535. The van der Waals surface area contributed by atoms with Crippen molar-refractivity contribution in [1.29, 1.82) is 0 Å². The summed E-state index contributed by atoms with van der Waals surface area (Å²) in [5.41, 5.74) is -0.296. The third kappa shape index (κ3) is 4.37.